The van der Waals surface area contributed by atoms with Gasteiger partial charge in [0.05, 0.1) is 7.11 Å². The molecule has 0 spiro atoms. The van der Waals surface area contributed by atoms with E-state index in [0.717, 1.165) is 22.9 Å². The standard InChI is InChI=1S/C20H34N4O4/c1-9-15(2)17(21-14-16(3)18(25)22(7)27-8)23-10-12-24(13-11-23)19(26)28-20(4,5)6/h14H,2,9-13H2,1,3-8H3/b16-14+,21-17?. The highest BCUT2D eigenvalue weighted by Crippen LogP contribution is 2.15. The average Bonchev–Trinajstić information content (AvgIpc) is 2.65. The Morgan fingerprint density at radius 1 is 1.18 bits per heavy atom. The molecule has 0 N–H and O–H groups in total. The average molecular weight is 395 g/mol. The van der Waals surface area contributed by atoms with Gasteiger partial charge >= 0.3 is 6.09 Å². The fraction of sp³-hybridized carbons (Fsp3) is 0.650. The molecule has 1 heterocycles. The van der Waals surface area contributed by atoms with Gasteiger partial charge in [-0.05, 0) is 39.7 Å². The molecule has 0 radical (unpaired) electrons. The number of hydrogen-bond donors (Lipinski definition) is 0. The zero-order valence-corrected chi connectivity index (χ0v) is 18.2. The third-order valence-electron chi connectivity index (χ3n) is 4.25. The van der Waals surface area contributed by atoms with Crippen LogP contribution in [0.2, 0.25) is 0 Å². The summed E-state index contributed by atoms with van der Waals surface area (Å²) in [4.78, 5) is 37.6. The molecule has 1 aliphatic heterocycles. The molecule has 8 heteroatoms. The molecule has 28 heavy (non-hydrogen) atoms. The van der Waals surface area contributed by atoms with Gasteiger partial charge in [-0.15, -0.1) is 0 Å². The van der Waals surface area contributed by atoms with E-state index in [1.807, 2.05) is 27.7 Å². The van der Waals surface area contributed by atoms with Gasteiger partial charge in [-0.2, -0.15) is 0 Å². The Labute approximate surface area is 168 Å². The van der Waals surface area contributed by atoms with Crippen molar-refractivity contribution in [1.82, 2.24) is 14.9 Å². The van der Waals surface area contributed by atoms with Crippen LogP contribution in [0.5, 0.6) is 0 Å². The third-order valence-corrected chi connectivity index (χ3v) is 4.25. The molecule has 0 aliphatic carbocycles. The Bertz CT molecular complexity index is 641. The van der Waals surface area contributed by atoms with Crippen molar-refractivity contribution in [3.05, 3.63) is 23.9 Å². The number of carbonyl (C=O) groups is 2. The highest BCUT2D eigenvalue weighted by molar-refractivity contribution is 5.99. The first-order valence-corrected chi connectivity index (χ1v) is 9.47. The second-order valence-corrected chi connectivity index (χ2v) is 7.66. The summed E-state index contributed by atoms with van der Waals surface area (Å²) in [5.74, 6) is 0.473. The molecule has 0 saturated carbocycles. The van der Waals surface area contributed by atoms with Gasteiger partial charge in [-0.1, -0.05) is 13.5 Å². The number of hydrogen-bond acceptors (Lipinski definition) is 5. The third kappa shape index (κ3) is 6.99. The minimum Gasteiger partial charge on any atom is -0.444 e. The van der Waals surface area contributed by atoms with Crippen molar-refractivity contribution in [2.75, 3.05) is 40.3 Å². The first kappa shape index (κ1) is 23.7. The maximum atomic E-state index is 12.2. The van der Waals surface area contributed by atoms with Gasteiger partial charge in [0.15, 0.2) is 0 Å². The van der Waals surface area contributed by atoms with Crippen molar-refractivity contribution in [2.24, 2.45) is 4.99 Å². The Morgan fingerprint density at radius 3 is 2.18 bits per heavy atom. The summed E-state index contributed by atoms with van der Waals surface area (Å²) < 4.78 is 5.44. The van der Waals surface area contributed by atoms with Crippen LogP contribution in [-0.2, 0) is 14.4 Å². The van der Waals surface area contributed by atoms with E-state index in [-0.39, 0.29) is 12.0 Å². The van der Waals surface area contributed by atoms with Crippen molar-refractivity contribution in [2.45, 2.75) is 46.6 Å². The lowest BCUT2D eigenvalue weighted by atomic mass is 10.1. The van der Waals surface area contributed by atoms with Crippen LogP contribution in [0, 0.1) is 0 Å². The summed E-state index contributed by atoms with van der Waals surface area (Å²) >= 11 is 0. The van der Waals surface area contributed by atoms with Gasteiger partial charge in [-0.25, -0.2) is 14.9 Å². The summed E-state index contributed by atoms with van der Waals surface area (Å²) in [5.41, 5.74) is 0.821. The minimum atomic E-state index is -0.512. The molecule has 1 rings (SSSR count). The highest BCUT2D eigenvalue weighted by Gasteiger charge is 2.27. The lowest BCUT2D eigenvalue weighted by Gasteiger charge is -2.37. The minimum absolute atomic E-state index is 0.262. The molecule has 1 fully saturated rings. The maximum absolute atomic E-state index is 12.2. The van der Waals surface area contributed by atoms with Gasteiger partial charge in [0.1, 0.15) is 11.4 Å². The first-order chi connectivity index (χ1) is 13.0. The number of aliphatic imine (C=N–C) groups is 1. The van der Waals surface area contributed by atoms with Gasteiger partial charge in [0.2, 0.25) is 0 Å². The molecule has 0 aromatic rings. The molecule has 8 nitrogen and oxygen atoms in total. The molecule has 158 valence electrons. The van der Waals surface area contributed by atoms with Crippen molar-refractivity contribution < 1.29 is 19.2 Å². The summed E-state index contributed by atoms with van der Waals surface area (Å²) in [7, 11) is 2.98. The van der Waals surface area contributed by atoms with Crippen LogP contribution in [0.1, 0.15) is 41.0 Å². The predicted octanol–water partition coefficient (Wildman–Crippen LogP) is 2.83. The normalized spacial score (nSPS) is 16.1. The number of ether oxygens (including phenoxy) is 1. The molecule has 1 aliphatic rings. The Kier molecular flexibility index (Phi) is 8.68. The lowest BCUT2D eigenvalue weighted by Crippen LogP contribution is -2.51. The molecule has 0 bridgehead atoms. The number of nitrogens with zero attached hydrogens (tertiary/aromatic N) is 4. The molecular weight excluding hydrogens is 360 g/mol. The fourth-order valence-electron chi connectivity index (χ4n) is 2.53. The molecule has 0 aromatic carbocycles. The van der Waals surface area contributed by atoms with E-state index in [2.05, 4.69) is 16.5 Å². The SMILES string of the molecule is C=C(CC)C(=N/C=C(\C)C(=O)N(C)OC)N1CCN(C(=O)OC(C)(C)C)CC1. The van der Waals surface area contributed by atoms with E-state index >= 15 is 0 Å². The zero-order valence-electron chi connectivity index (χ0n) is 18.2. The Hall–Kier alpha value is -2.35. The number of amidine groups is 1. The maximum Gasteiger partial charge on any atom is 0.410 e. The van der Waals surface area contributed by atoms with Crippen LogP contribution in [0.25, 0.3) is 0 Å². The van der Waals surface area contributed by atoms with E-state index in [0.29, 0.717) is 31.8 Å². The van der Waals surface area contributed by atoms with Crippen LogP contribution < -0.4 is 0 Å². The Morgan fingerprint density at radius 2 is 1.71 bits per heavy atom. The van der Waals surface area contributed by atoms with Crippen molar-refractivity contribution in [1.29, 1.82) is 0 Å². The molecule has 2 amide bonds. The summed E-state index contributed by atoms with van der Waals surface area (Å²) in [6, 6.07) is 0. The molecule has 0 unspecified atom stereocenters. The Balaban J connectivity index is 2.87. The van der Waals surface area contributed by atoms with Gasteiger partial charge < -0.3 is 14.5 Å². The van der Waals surface area contributed by atoms with Crippen LogP contribution in [0.15, 0.2) is 28.9 Å². The van der Waals surface area contributed by atoms with Crippen LogP contribution >= 0.6 is 0 Å². The van der Waals surface area contributed by atoms with E-state index in [9.17, 15) is 9.59 Å². The van der Waals surface area contributed by atoms with Crippen molar-refractivity contribution in [3.8, 4) is 0 Å². The topological polar surface area (TPSA) is 74.7 Å². The van der Waals surface area contributed by atoms with Gasteiger partial charge in [0.25, 0.3) is 5.91 Å². The number of carbonyl (C=O) groups excluding carboxylic acids is 2. The number of rotatable bonds is 5. The second-order valence-electron chi connectivity index (χ2n) is 7.66. The number of piperazine rings is 1. The zero-order chi connectivity index (χ0) is 21.5. The number of likely N-dealkylation sites (N-methyl/N-ethyl adjacent to an activating group) is 1. The van der Waals surface area contributed by atoms with Crippen LogP contribution in [0.4, 0.5) is 4.79 Å². The van der Waals surface area contributed by atoms with Crippen LogP contribution in [-0.4, -0.2) is 78.6 Å². The smallest absolute Gasteiger partial charge is 0.410 e. The highest BCUT2D eigenvalue weighted by atomic mass is 16.7. The van der Waals surface area contributed by atoms with E-state index < -0.39 is 5.60 Å². The first-order valence-electron chi connectivity index (χ1n) is 9.47. The van der Waals surface area contributed by atoms with E-state index in [1.165, 1.54) is 13.3 Å². The van der Waals surface area contributed by atoms with Gasteiger partial charge in [0, 0.05) is 45.0 Å². The number of hydroxylamine groups is 2. The molecule has 0 aromatic heterocycles. The molecular formula is C20H34N4O4. The monoisotopic (exact) mass is 394 g/mol. The fourth-order valence-corrected chi connectivity index (χ4v) is 2.53. The summed E-state index contributed by atoms with van der Waals surface area (Å²) in [6.07, 6.45) is 1.97. The lowest BCUT2D eigenvalue weighted by molar-refractivity contribution is -0.163. The summed E-state index contributed by atoms with van der Waals surface area (Å²) in [5, 5.41) is 1.15. The quantitative estimate of drug-likeness (QED) is 0.310. The molecule has 0 atom stereocenters. The van der Waals surface area contributed by atoms with Crippen molar-refractivity contribution >= 4 is 17.8 Å². The molecule has 1 saturated heterocycles. The second kappa shape index (κ2) is 10.3. The largest absolute Gasteiger partial charge is 0.444 e. The van der Waals surface area contributed by atoms with Crippen LogP contribution in [0.3, 0.4) is 0 Å². The predicted molar refractivity (Wildman–Crippen MR) is 110 cm³/mol. The summed E-state index contributed by atoms with van der Waals surface area (Å²) in [6.45, 7) is 15.7. The van der Waals surface area contributed by atoms with Crippen molar-refractivity contribution in [3.63, 3.8) is 0 Å². The van der Waals surface area contributed by atoms with E-state index in [1.54, 1.807) is 18.9 Å². The number of amides is 2. The van der Waals surface area contributed by atoms with E-state index in [4.69, 9.17) is 9.57 Å². The van der Waals surface area contributed by atoms with Gasteiger partial charge in [-0.3, -0.25) is 9.63 Å².